The van der Waals surface area contributed by atoms with Crippen molar-refractivity contribution in [3.05, 3.63) is 36.2 Å². The van der Waals surface area contributed by atoms with Crippen molar-refractivity contribution in [3.63, 3.8) is 0 Å². The van der Waals surface area contributed by atoms with Gasteiger partial charge in [-0.25, -0.2) is 22.5 Å². The number of anilines is 1. The fraction of sp³-hybridized carbons (Fsp3) is 0.333. The van der Waals surface area contributed by atoms with Gasteiger partial charge in [0.25, 0.3) is 0 Å². The Balaban J connectivity index is 2.33. The Morgan fingerprint density at radius 2 is 2.10 bits per heavy atom. The van der Waals surface area contributed by atoms with E-state index in [1.807, 2.05) is 6.92 Å². The standard InChI is InChI=1S/C12H15FN4O2S/c1-2-3-17-12(15-8-16-17)7-20(18,19)11-5-9(13)4-10(14)6-11/h4-6,8H,2-3,7,14H2,1H3. The Hall–Kier alpha value is -1.96. The summed E-state index contributed by atoms with van der Waals surface area (Å²) >= 11 is 0. The molecule has 2 rings (SSSR count). The van der Waals surface area contributed by atoms with Gasteiger partial charge in [-0.15, -0.1) is 0 Å². The molecule has 1 heterocycles. The SMILES string of the molecule is CCCn1ncnc1CS(=O)(=O)c1cc(N)cc(F)c1. The van der Waals surface area contributed by atoms with Crippen LogP contribution >= 0.6 is 0 Å². The van der Waals surface area contributed by atoms with Crippen LogP contribution in [0.25, 0.3) is 0 Å². The molecule has 108 valence electrons. The number of benzene rings is 1. The van der Waals surface area contributed by atoms with Gasteiger partial charge in [-0.1, -0.05) is 6.92 Å². The topological polar surface area (TPSA) is 90.9 Å². The van der Waals surface area contributed by atoms with E-state index in [1.165, 1.54) is 17.1 Å². The number of halogens is 1. The van der Waals surface area contributed by atoms with Crippen LogP contribution in [-0.4, -0.2) is 23.2 Å². The molecule has 6 nitrogen and oxygen atoms in total. The van der Waals surface area contributed by atoms with Gasteiger partial charge in [0.1, 0.15) is 23.7 Å². The molecule has 0 amide bonds. The molecule has 2 aromatic rings. The molecule has 0 aliphatic carbocycles. The lowest BCUT2D eigenvalue weighted by Crippen LogP contribution is -2.12. The third-order valence-corrected chi connectivity index (χ3v) is 4.30. The number of hydrogen-bond donors (Lipinski definition) is 1. The number of nitrogens with two attached hydrogens (primary N) is 1. The fourth-order valence-corrected chi connectivity index (χ4v) is 3.15. The largest absolute Gasteiger partial charge is 0.399 e. The van der Waals surface area contributed by atoms with Crippen LogP contribution in [0.2, 0.25) is 0 Å². The van der Waals surface area contributed by atoms with Gasteiger partial charge in [0.15, 0.2) is 9.84 Å². The van der Waals surface area contributed by atoms with E-state index in [9.17, 15) is 12.8 Å². The van der Waals surface area contributed by atoms with Crippen LogP contribution in [0.15, 0.2) is 29.4 Å². The first kappa shape index (κ1) is 14.4. The molecular formula is C12H15FN4O2S. The van der Waals surface area contributed by atoms with Crippen molar-refractivity contribution in [1.29, 1.82) is 0 Å². The van der Waals surface area contributed by atoms with Gasteiger partial charge in [0.05, 0.1) is 4.90 Å². The zero-order valence-electron chi connectivity index (χ0n) is 11.0. The van der Waals surface area contributed by atoms with Gasteiger partial charge < -0.3 is 5.73 Å². The van der Waals surface area contributed by atoms with E-state index >= 15 is 0 Å². The highest BCUT2D eigenvalue weighted by Crippen LogP contribution is 2.19. The molecule has 2 N–H and O–H groups in total. The molecular weight excluding hydrogens is 283 g/mol. The number of aromatic nitrogens is 3. The number of nitrogens with zero attached hydrogens (tertiary/aromatic N) is 3. The Morgan fingerprint density at radius 1 is 1.35 bits per heavy atom. The van der Waals surface area contributed by atoms with Crippen LogP contribution in [0, 0.1) is 5.82 Å². The summed E-state index contributed by atoms with van der Waals surface area (Å²) in [6.07, 6.45) is 2.11. The van der Waals surface area contributed by atoms with Gasteiger partial charge in [-0.3, -0.25) is 0 Å². The van der Waals surface area contributed by atoms with Crippen molar-refractivity contribution in [1.82, 2.24) is 14.8 Å². The molecule has 0 unspecified atom stereocenters. The molecule has 0 aliphatic heterocycles. The minimum absolute atomic E-state index is 0.0681. The minimum Gasteiger partial charge on any atom is -0.399 e. The molecule has 0 bridgehead atoms. The first-order valence-corrected chi connectivity index (χ1v) is 7.73. The van der Waals surface area contributed by atoms with E-state index < -0.39 is 15.7 Å². The highest BCUT2D eigenvalue weighted by atomic mass is 32.2. The van der Waals surface area contributed by atoms with Crippen LogP contribution in [0.3, 0.4) is 0 Å². The molecule has 0 saturated heterocycles. The fourth-order valence-electron chi connectivity index (χ4n) is 1.82. The lowest BCUT2D eigenvalue weighted by Gasteiger charge is -2.07. The predicted molar refractivity (Wildman–Crippen MR) is 72.0 cm³/mol. The zero-order chi connectivity index (χ0) is 14.8. The Kier molecular flexibility index (Phi) is 4.03. The van der Waals surface area contributed by atoms with E-state index in [0.29, 0.717) is 12.4 Å². The van der Waals surface area contributed by atoms with Gasteiger partial charge in [-0.2, -0.15) is 5.10 Å². The van der Waals surface area contributed by atoms with Gasteiger partial charge in [-0.05, 0) is 24.6 Å². The summed E-state index contributed by atoms with van der Waals surface area (Å²) in [5, 5.41) is 3.96. The summed E-state index contributed by atoms with van der Waals surface area (Å²) in [5.74, 6) is -0.691. The maximum Gasteiger partial charge on any atom is 0.185 e. The van der Waals surface area contributed by atoms with E-state index in [-0.39, 0.29) is 16.3 Å². The smallest absolute Gasteiger partial charge is 0.185 e. The summed E-state index contributed by atoms with van der Waals surface area (Å²) in [4.78, 5) is 3.79. The first-order chi connectivity index (χ1) is 9.42. The van der Waals surface area contributed by atoms with Crippen LogP contribution in [0.1, 0.15) is 19.2 Å². The third kappa shape index (κ3) is 3.13. The van der Waals surface area contributed by atoms with E-state index in [4.69, 9.17) is 5.73 Å². The highest BCUT2D eigenvalue weighted by molar-refractivity contribution is 7.90. The van der Waals surface area contributed by atoms with Crippen LogP contribution in [0.5, 0.6) is 0 Å². The first-order valence-electron chi connectivity index (χ1n) is 6.08. The quantitative estimate of drug-likeness (QED) is 0.842. The van der Waals surface area contributed by atoms with Crippen molar-refractivity contribution >= 4 is 15.5 Å². The predicted octanol–water partition coefficient (Wildman–Crippen LogP) is 1.38. The third-order valence-electron chi connectivity index (χ3n) is 2.70. The Labute approximate surface area is 116 Å². The van der Waals surface area contributed by atoms with Crippen LogP contribution < -0.4 is 5.73 Å². The molecule has 0 saturated carbocycles. The molecule has 1 aromatic heterocycles. The average molecular weight is 298 g/mol. The summed E-state index contributed by atoms with van der Waals surface area (Å²) in [5.41, 5.74) is 5.54. The number of hydrogen-bond acceptors (Lipinski definition) is 5. The molecule has 1 aromatic carbocycles. The molecule has 0 atom stereocenters. The van der Waals surface area contributed by atoms with Crippen LogP contribution in [-0.2, 0) is 22.1 Å². The van der Waals surface area contributed by atoms with Crippen molar-refractivity contribution in [2.45, 2.75) is 30.5 Å². The summed E-state index contributed by atoms with van der Waals surface area (Å²) in [6, 6.07) is 3.25. The maximum absolute atomic E-state index is 13.3. The van der Waals surface area contributed by atoms with Crippen molar-refractivity contribution in [2.24, 2.45) is 0 Å². The molecule has 0 fully saturated rings. The van der Waals surface area contributed by atoms with Gasteiger partial charge in [0, 0.05) is 12.2 Å². The average Bonchev–Trinajstić information content (AvgIpc) is 2.75. The minimum atomic E-state index is -3.71. The molecule has 8 heteroatoms. The van der Waals surface area contributed by atoms with E-state index in [2.05, 4.69) is 10.1 Å². The van der Waals surface area contributed by atoms with Crippen LogP contribution in [0.4, 0.5) is 10.1 Å². The second kappa shape index (κ2) is 5.58. The lowest BCUT2D eigenvalue weighted by atomic mass is 10.3. The number of sulfone groups is 1. The summed E-state index contributed by atoms with van der Waals surface area (Å²) in [6.45, 7) is 2.53. The van der Waals surface area contributed by atoms with Crippen molar-refractivity contribution < 1.29 is 12.8 Å². The van der Waals surface area contributed by atoms with Gasteiger partial charge >= 0.3 is 0 Å². The van der Waals surface area contributed by atoms with Gasteiger partial charge in [0.2, 0.25) is 0 Å². The second-order valence-corrected chi connectivity index (χ2v) is 6.37. The maximum atomic E-state index is 13.3. The Bertz CT molecular complexity index is 692. The summed E-state index contributed by atoms with van der Waals surface area (Å²) in [7, 11) is -3.71. The van der Waals surface area contributed by atoms with Crippen molar-refractivity contribution in [2.75, 3.05) is 5.73 Å². The van der Waals surface area contributed by atoms with Crippen molar-refractivity contribution in [3.8, 4) is 0 Å². The number of nitrogen functional groups attached to an aromatic ring is 1. The van der Waals surface area contributed by atoms with E-state index in [1.54, 1.807) is 0 Å². The lowest BCUT2D eigenvalue weighted by molar-refractivity contribution is 0.565. The number of rotatable bonds is 5. The summed E-state index contributed by atoms with van der Waals surface area (Å²) < 4.78 is 39.3. The normalized spacial score (nSPS) is 11.7. The monoisotopic (exact) mass is 298 g/mol. The molecule has 0 spiro atoms. The molecule has 0 radical (unpaired) electrons. The zero-order valence-corrected chi connectivity index (χ0v) is 11.8. The highest BCUT2D eigenvalue weighted by Gasteiger charge is 2.20. The number of aryl methyl sites for hydroxylation is 1. The second-order valence-electron chi connectivity index (χ2n) is 4.38. The Morgan fingerprint density at radius 3 is 2.75 bits per heavy atom. The molecule has 0 aliphatic rings. The van der Waals surface area contributed by atoms with E-state index in [0.717, 1.165) is 18.6 Å². The molecule has 20 heavy (non-hydrogen) atoms.